The van der Waals surface area contributed by atoms with Crippen LogP contribution in [0.4, 0.5) is 10.1 Å². The predicted octanol–water partition coefficient (Wildman–Crippen LogP) is 3.04. The molecule has 0 amide bonds. The molecule has 1 aromatic heterocycles. The Hall–Kier alpha value is -2.22. The molecule has 0 unspecified atom stereocenters. The monoisotopic (exact) mass is 342 g/mol. The Bertz CT molecular complexity index is 699. The average molecular weight is 343 g/mol. The summed E-state index contributed by atoms with van der Waals surface area (Å²) in [6.45, 7) is -0.103. The molecule has 20 heavy (non-hydrogen) atoms. The van der Waals surface area contributed by atoms with E-state index in [0.717, 1.165) is 16.8 Å². The smallest absolute Gasteiger partial charge is 0.352 e. The third kappa shape index (κ3) is 2.85. The number of carboxylic acid groups (broad SMARTS) is 1. The fraction of sp³-hybridized carbons (Fsp3) is 0.0833. The number of nitrogens with zero attached hydrogens (tertiary/aromatic N) is 2. The largest absolute Gasteiger partial charge is 0.477 e. The molecule has 0 spiro atoms. The number of benzene rings is 1. The molecule has 0 aliphatic rings. The van der Waals surface area contributed by atoms with Crippen LogP contribution in [-0.2, 0) is 6.54 Å². The fourth-order valence-corrected chi connectivity index (χ4v) is 2.07. The normalized spacial score (nSPS) is 10.5. The van der Waals surface area contributed by atoms with Gasteiger partial charge in [0.15, 0.2) is 0 Å². The topological polar surface area (TPSA) is 85.4 Å². The first-order chi connectivity index (χ1) is 9.38. The van der Waals surface area contributed by atoms with E-state index in [9.17, 15) is 19.3 Å². The van der Waals surface area contributed by atoms with Gasteiger partial charge >= 0.3 is 5.97 Å². The maximum Gasteiger partial charge on any atom is 0.352 e. The van der Waals surface area contributed by atoms with Crippen LogP contribution in [0.25, 0.3) is 0 Å². The predicted molar refractivity (Wildman–Crippen MR) is 71.2 cm³/mol. The van der Waals surface area contributed by atoms with Gasteiger partial charge in [-0.05, 0) is 12.1 Å². The minimum atomic E-state index is -1.31. The Balaban J connectivity index is 2.42. The van der Waals surface area contributed by atoms with Gasteiger partial charge in [-0.25, -0.2) is 9.18 Å². The molecule has 0 atom stereocenters. The van der Waals surface area contributed by atoms with Crippen molar-refractivity contribution in [2.45, 2.75) is 6.54 Å². The van der Waals surface area contributed by atoms with Crippen LogP contribution in [-0.4, -0.2) is 20.6 Å². The Morgan fingerprint density at radius 3 is 2.70 bits per heavy atom. The maximum absolute atomic E-state index is 13.7. The molecule has 0 saturated heterocycles. The highest BCUT2D eigenvalue weighted by molar-refractivity contribution is 9.10. The Kier molecular flexibility index (Phi) is 3.84. The molecular formula is C12H8BrFN2O4. The van der Waals surface area contributed by atoms with E-state index in [0.29, 0.717) is 4.47 Å². The summed E-state index contributed by atoms with van der Waals surface area (Å²) in [6, 6.07) is 5.28. The zero-order valence-corrected chi connectivity index (χ0v) is 11.5. The molecule has 1 heterocycles. The molecule has 1 aromatic carbocycles. The Labute approximate surface area is 120 Å². The second-order valence-electron chi connectivity index (χ2n) is 4.01. The second kappa shape index (κ2) is 5.41. The Morgan fingerprint density at radius 1 is 1.45 bits per heavy atom. The van der Waals surface area contributed by atoms with Gasteiger partial charge in [0.25, 0.3) is 5.69 Å². The van der Waals surface area contributed by atoms with Crippen LogP contribution in [0, 0.1) is 15.9 Å². The molecule has 0 aliphatic carbocycles. The standard InChI is InChI=1S/C12H8BrFN2O4/c13-8-2-1-7(10(14)3-8)5-15-6-9(16(19)20)4-11(15)12(17)18/h1-4,6H,5H2,(H,17,18). The summed E-state index contributed by atoms with van der Waals surface area (Å²) in [6.07, 6.45) is 1.07. The van der Waals surface area contributed by atoms with Crippen LogP contribution in [0.1, 0.15) is 16.1 Å². The van der Waals surface area contributed by atoms with E-state index >= 15 is 0 Å². The molecule has 0 aliphatic heterocycles. The molecule has 0 bridgehead atoms. The minimum Gasteiger partial charge on any atom is -0.477 e. The van der Waals surface area contributed by atoms with Gasteiger partial charge in [0.2, 0.25) is 0 Å². The number of aromatic nitrogens is 1. The van der Waals surface area contributed by atoms with Gasteiger partial charge in [0, 0.05) is 16.1 Å². The molecule has 0 radical (unpaired) electrons. The molecular weight excluding hydrogens is 335 g/mol. The highest BCUT2D eigenvalue weighted by Gasteiger charge is 2.19. The molecule has 8 heteroatoms. The van der Waals surface area contributed by atoms with Gasteiger partial charge in [0.05, 0.1) is 17.7 Å². The SMILES string of the molecule is O=C(O)c1cc([N+](=O)[O-])cn1Cc1ccc(Br)cc1F. The summed E-state index contributed by atoms with van der Waals surface area (Å²) in [7, 11) is 0. The van der Waals surface area contributed by atoms with Crippen molar-refractivity contribution in [2.24, 2.45) is 0 Å². The van der Waals surface area contributed by atoms with Gasteiger partial charge < -0.3 is 9.67 Å². The third-order valence-corrected chi connectivity index (χ3v) is 3.16. The number of hydrogen-bond acceptors (Lipinski definition) is 3. The van der Waals surface area contributed by atoms with E-state index < -0.39 is 16.7 Å². The first kappa shape index (κ1) is 14.2. The van der Waals surface area contributed by atoms with Crippen molar-refractivity contribution in [3.63, 3.8) is 0 Å². The second-order valence-corrected chi connectivity index (χ2v) is 4.93. The summed E-state index contributed by atoms with van der Waals surface area (Å²) < 4.78 is 15.4. The summed E-state index contributed by atoms with van der Waals surface area (Å²) in [5, 5.41) is 19.7. The van der Waals surface area contributed by atoms with Crippen molar-refractivity contribution in [1.82, 2.24) is 4.57 Å². The first-order valence-electron chi connectivity index (χ1n) is 5.40. The minimum absolute atomic E-state index is 0.103. The fourth-order valence-electron chi connectivity index (χ4n) is 1.74. The summed E-state index contributed by atoms with van der Waals surface area (Å²) >= 11 is 3.11. The van der Waals surface area contributed by atoms with E-state index in [1.807, 2.05) is 0 Å². The molecule has 2 aromatic rings. The summed E-state index contributed by atoms with van der Waals surface area (Å²) in [5.74, 6) is -1.83. The number of hydrogen-bond donors (Lipinski definition) is 1. The molecule has 2 rings (SSSR count). The zero-order valence-electron chi connectivity index (χ0n) is 9.92. The lowest BCUT2D eigenvalue weighted by Crippen LogP contribution is -2.09. The third-order valence-electron chi connectivity index (χ3n) is 2.67. The zero-order chi connectivity index (χ0) is 14.9. The van der Waals surface area contributed by atoms with Gasteiger partial charge in [-0.3, -0.25) is 10.1 Å². The highest BCUT2D eigenvalue weighted by atomic mass is 79.9. The summed E-state index contributed by atoms with van der Waals surface area (Å²) in [5.41, 5.74) is -0.375. The van der Waals surface area contributed by atoms with Crippen molar-refractivity contribution in [1.29, 1.82) is 0 Å². The van der Waals surface area contributed by atoms with Crippen LogP contribution in [0.15, 0.2) is 34.9 Å². The number of rotatable bonds is 4. The van der Waals surface area contributed by atoms with E-state index in [4.69, 9.17) is 5.11 Å². The van der Waals surface area contributed by atoms with Crippen molar-refractivity contribution >= 4 is 27.6 Å². The number of carbonyl (C=O) groups is 1. The van der Waals surface area contributed by atoms with Crippen molar-refractivity contribution in [2.75, 3.05) is 0 Å². The van der Waals surface area contributed by atoms with Gasteiger partial charge in [-0.1, -0.05) is 22.0 Å². The maximum atomic E-state index is 13.7. The molecule has 1 N–H and O–H groups in total. The van der Waals surface area contributed by atoms with Gasteiger partial charge in [-0.2, -0.15) is 0 Å². The number of carboxylic acids is 1. The van der Waals surface area contributed by atoms with Gasteiger partial charge in [0.1, 0.15) is 11.5 Å². The highest BCUT2D eigenvalue weighted by Crippen LogP contribution is 2.21. The van der Waals surface area contributed by atoms with Crippen LogP contribution in [0.3, 0.4) is 0 Å². The molecule has 0 fully saturated rings. The number of halogens is 2. The van der Waals surface area contributed by atoms with Gasteiger partial charge in [-0.15, -0.1) is 0 Å². The quantitative estimate of drug-likeness (QED) is 0.683. The van der Waals surface area contributed by atoms with E-state index in [1.54, 1.807) is 6.07 Å². The van der Waals surface area contributed by atoms with Crippen LogP contribution in [0.2, 0.25) is 0 Å². The van der Waals surface area contributed by atoms with Crippen LogP contribution >= 0.6 is 15.9 Å². The Morgan fingerprint density at radius 2 is 2.15 bits per heavy atom. The number of nitro groups is 1. The molecule has 104 valence electrons. The lowest BCUT2D eigenvalue weighted by atomic mass is 10.2. The molecule has 6 nitrogen and oxygen atoms in total. The number of aromatic carboxylic acids is 1. The van der Waals surface area contributed by atoms with E-state index in [-0.39, 0.29) is 23.5 Å². The summed E-state index contributed by atoms with van der Waals surface area (Å²) in [4.78, 5) is 21.0. The average Bonchev–Trinajstić information content (AvgIpc) is 2.77. The lowest BCUT2D eigenvalue weighted by Gasteiger charge is -2.07. The van der Waals surface area contributed by atoms with E-state index in [1.165, 1.54) is 12.1 Å². The van der Waals surface area contributed by atoms with Crippen molar-refractivity contribution in [3.8, 4) is 0 Å². The van der Waals surface area contributed by atoms with Crippen molar-refractivity contribution in [3.05, 3.63) is 62.1 Å². The first-order valence-corrected chi connectivity index (χ1v) is 6.19. The van der Waals surface area contributed by atoms with Crippen molar-refractivity contribution < 1.29 is 19.2 Å². The van der Waals surface area contributed by atoms with Crippen LogP contribution in [0.5, 0.6) is 0 Å². The van der Waals surface area contributed by atoms with E-state index in [2.05, 4.69) is 15.9 Å². The molecule has 0 saturated carbocycles. The lowest BCUT2D eigenvalue weighted by molar-refractivity contribution is -0.384. The van der Waals surface area contributed by atoms with Crippen LogP contribution < -0.4 is 0 Å².